The summed E-state index contributed by atoms with van der Waals surface area (Å²) in [6, 6.07) is 0.851. The highest BCUT2D eigenvalue weighted by atomic mass is 15.1. The molecule has 0 spiro atoms. The molecule has 0 amide bonds. The van der Waals surface area contributed by atoms with E-state index >= 15 is 0 Å². The summed E-state index contributed by atoms with van der Waals surface area (Å²) in [7, 11) is 2.39. The zero-order valence-corrected chi connectivity index (χ0v) is 15.0. The van der Waals surface area contributed by atoms with Gasteiger partial charge in [0.15, 0.2) is 0 Å². The molecule has 2 nitrogen and oxygen atoms in total. The molecule has 124 valence electrons. The quantitative estimate of drug-likeness (QED) is 0.753. The van der Waals surface area contributed by atoms with Gasteiger partial charge < -0.3 is 10.2 Å². The van der Waals surface area contributed by atoms with Crippen LogP contribution in [0.25, 0.3) is 0 Å². The van der Waals surface area contributed by atoms with Crippen molar-refractivity contribution in [3.63, 3.8) is 0 Å². The van der Waals surface area contributed by atoms with Gasteiger partial charge >= 0.3 is 0 Å². The second kappa shape index (κ2) is 7.97. The lowest BCUT2D eigenvalue weighted by Gasteiger charge is -2.40. The molecule has 0 aromatic heterocycles. The third-order valence-corrected chi connectivity index (χ3v) is 5.91. The lowest BCUT2D eigenvalue weighted by molar-refractivity contribution is 0.104. The zero-order valence-electron chi connectivity index (χ0n) is 15.0. The number of hydrogen-bond acceptors (Lipinski definition) is 2. The van der Waals surface area contributed by atoms with Gasteiger partial charge in [0, 0.05) is 19.1 Å². The van der Waals surface area contributed by atoms with E-state index in [-0.39, 0.29) is 0 Å². The van der Waals surface area contributed by atoms with E-state index < -0.39 is 0 Å². The molecule has 0 aromatic rings. The highest BCUT2D eigenvalue weighted by Gasteiger charge is 2.36. The predicted molar refractivity (Wildman–Crippen MR) is 92.7 cm³/mol. The molecular formula is C19H38N2. The third-order valence-electron chi connectivity index (χ3n) is 5.91. The zero-order chi connectivity index (χ0) is 15.3. The van der Waals surface area contributed by atoms with Crippen molar-refractivity contribution >= 4 is 0 Å². The lowest BCUT2D eigenvalue weighted by atomic mass is 9.82. The molecule has 0 aliphatic heterocycles. The van der Waals surface area contributed by atoms with Crippen molar-refractivity contribution in [1.29, 1.82) is 0 Å². The van der Waals surface area contributed by atoms with Crippen LogP contribution < -0.4 is 5.32 Å². The summed E-state index contributed by atoms with van der Waals surface area (Å²) in [6.07, 6.45) is 11.5. The van der Waals surface area contributed by atoms with Crippen LogP contribution >= 0.6 is 0 Å². The van der Waals surface area contributed by atoms with Gasteiger partial charge in [0.2, 0.25) is 0 Å². The standard InChI is InChI=1S/C19H38N2/c1-16(2)13-20-14-19(11-5-6-12-19)15-21(4)18-9-7-17(3)8-10-18/h16-18,20H,5-15H2,1-4H3. The first-order valence-corrected chi connectivity index (χ1v) is 9.42. The van der Waals surface area contributed by atoms with Gasteiger partial charge in [-0.3, -0.25) is 0 Å². The number of rotatable bonds is 7. The maximum absolute atomic E-state index is 3.76. The Morgan fingerprint density at radius 2 is 1.71 bits per heavy atom. The Labute approximate surface area is 133 Å². The topological polar surface area (TPSA) is 15.3 Å². The van der Waals surface area contributed by atoms with Crippen LogP contribution in [0.4, 0.5) is 0 Å². The minimum absolute atomic E-state index is 0.562. The minimum atomic E-state index is 0.562. The second-order valence-electron chi connectivity index (χ2n) is 8.56. The Morgan fingerprint density at radius 3 is 2.29 bits per heavy atom. The molecule has 0 heterocycles. The van der Waals surface area contributed by atoms with E-state index in [1.54, 1.807) is 0 Å². The molecular weight excluding hydrogens is 256 g/mol. The molecule has 0 radical (unpaired) electrons. The number of nitrogens with one attached hydrogen (secondary N) is 1. The summed E-state index contributed by atoms with van der Waals surface area (Å²) in [6.45, 7) is 10.8. The maximum atomic E-state index is 3.76. The summed E-state index contributed by atoms with van der Waals surface area (Å²) in [5.74, 6) is 1.73. The summed E-state index contributed by atoms with van der Waals surface area (Å²) in [4.78, 5) is 2.72. The average Bonchev–Trinajstić information content (AvgIpc) is 2.87. The van der Waals surface area contributed by atoms with Crippen LogP contribution in [0.2, 0.25) is 0 Å². The summed E-state index contributed by atoms with van der Waals surface area (Å²) in [5, 5.41) is 3.76. The van der Waals surface area contributed by atoms with Crippen LogP contribution in [0, 0.1) is 17.3 Å². The van der Waals surface area contributed by atoms with E-state index in [1.165, 1.54) is 71.0 Å². The highest BCUT2D eigenvalue weighted by Crippen LogP contribution is 2.39. The molecule has 2 rings (SSSR count). The SMILES string of the molecule is CC(C)CNCC1(CN(C)C2CCC(C)CC2)CCCC1. The Hall–Kier alpha value is -0.0800. The van der Waals surface area contributed by atoms with E-state index in [9.17, 15) is 0 Å². The Kier molecular flexibility index (Phi) is 6.55. The van der Waals surface area contributed by atoms with Crippen molar-refractivity contribution in [2.75, 3.05) is 26.7 Å². The van der Waals surface area contributed by atoms with Crippen LogP contribution in [-0.2, 0) is 0 Å². The first-order valence-electron chi connectivity index (χ1n) is 9.42. The molecule has 2 saturated carbocycles. The van der Waals surface area contributed by atoms with Crippen molar-refractivity contribution in [2.24, 2.45) is 17.3 Å². The lowest BCUT2D eigenvalue weighted by Crippen LogP contribution is -2.46. The average molecular weight is 295 g/mol. The van der Waals surface area contributed by atoms with Gasteiger partial charge in [0.1, 0.15) is 0 Å². The second-order valence-corrected chi connectivity index (χ2v) is 8.56. The minimum Gasteiger partial charge on any atom is -0.316 e. The Morgan fingerprint density at radius 1 is 1.10 bits per heavy atom. The van der Waals surface area contributed by atoms with Gasteiger partial charge in [-0.1, -0.05) is 33.6 Å². The molecule has 0 unspecified atom stereocenters. The fourth-order valence-corrected chi connectivity index (χ4v) is 4.48. The van der Waals surface area contributed by atoms with Crippen LogP contribution in [0.5, 0.6) is 0 Å². The summed E-state index contributed by atoms with van der Waals surface area (Å²) in [5.41, 5.74) is 0.562. The molecule has 21 heavy (non-hydrogen) atoms. The van der Waals surface area contributed by atoms with E-state index in [4.69, 9.17) is 0 Å². The van der Waals surface area contributed by atoms with Gasteiger partial charge in [0.25, 0.3) is 0 Å². The monoisotopic (exact) mass is 294 g/mol. The smallest absolute Gasteiger partial charge is 0.00926 e. The van der Waals surface area contributed by atoms with Gasteiger partial charge in [-0.2, -0.15) is 0 Å². The molecule has 0 aromatic carbocycles. The first kappa shape index (κ1) is 17.3. The fourth-order valence-electron chi connectivity index (χ4n) is 4.48. The fraction of sp³-hybridized carbons (Fsp3) is 1.00. The van der Waals surface area contributed by atoms with Gasteiger partial charge in [0.05, 0.1) is 0 Å². The van der Waals surface area contributed by atoms with Crippen LogP contribution in [0.1, 0.15) is 72.1 Å². The van der Waals surface area contributed by atoms with Crippen molar-refractivity contribution in [3.8, 4) is 0 Å². The largest absolute Gasteiger partial charge is 0.316 e. The first-order chi connectivity index (χ1) is 10.0. The molecule has 1 N–H and O–H groups in total. The van der Waals surface area contributed by atoms with Crippen molar-refractivity contribution in [3.05, 3.63) is 0 Å². The summed E-state index contributed by atoms with van der Waals surface area (Å²) < 4.78 is 0. The van der Waals surface area contributed by atoms with Crippen molar-refractivity contribution < 1.29 is 0 Å². The van der Waals surface area contributed by atoms with Gasteiger partial charge in [-0.05, 0) is 69.4 Å². The highest BCUT2D eigenvalue weighted by molar-refractivity contribution is 4.91. The van der Waals surface area contributed by atoms with Gasteiger partial charge in [-0.25, -0.2) is 0 Å². The summed E-state index contributed by atoms with van der Waals surface area (Å²) >= 11 is 0. The predicted octanol–water partition coefficient (Wildman–Crippen LogP) is 4.30. The third kappa shape index (κ3) is 5.25. The maximum Gasteiger partial charge on any atom is 0.00926 e. The Bertz CT molecular complexity index is 286. The molecule has 0 bridgehead atoms. The molecule has 2 fully saturated rings. The number of hydrogen-bond donors (Lipinski definition) is 1. The normalized spacial score (nSPS) is 29.4. The van der Waals surface area contributed by atoms with Gasteiger partial charge in [-0.15, -0.1) is 0 Å². The van der Waals surface area contributed by atoms with E-state index in [0.717, 1.165) is 17.9 Å². The van der Waals surface area contributed by atoms with Crippen LogP contribution in [0.15, 0.2) is 0 Å². The molecule has 0 saturated heterocycles. The van der Waals surface area contributed by atoms with E-state index in [2.05, 4.69) is 38.0 Å². The van der Waals surface area contributed by atoms with E-state index in [0.29, 0.717) is 5.41 Å². The molecule has 2 aliphatic carbocycles. The van der Waals surface area contributed by atoms with Crippen molar-refractivity contribution in [1.82, 2.24) is 10.2 Å². The molecule has 2 heteroatoms. The number of nitrogens with zero attached hydrogens (tertiary/aromatic N) is 1. The molecule has 0 atom stereocenters. The van der Waals surface area contributed by atoms with E-state index in [1.807, 2.05) is 0 Å². The molecule has 2 aliphatic rings. The van der Waals surface area contributed by atoms with Crippen molar-refractivity contribution in [2.45, 2.75) is 78.2 Å². The Balaban J connectivity index is 1.83. The van der Waals surface area contributed by atoms with Crippen LogP contribution in [0.3, 0.4) is 0 Å². The van der Waals surface area contributed by atoms with Crippen LogP contribution in [-0.4, -0.2) is 37.6 Å².